The fourth-order valence-electron chi connectivity index (χ4n) is 1.42. The van der Waals surface area contributed by atoms with E-state index in [9.17, 15) is 25.0 Å². The van der Waals surface area contributed by atoms with E-state index in [-0.39, 0.29) is 23.5 Å². The van der Waals surface area contributed by atoms with E-state index < -0.39 is 20.9 Å². The van der Waals surface area contributed by atoms with Crippen LogP contribution in [-0.4, -0.2) is 15.6 Å². The lowest BCUT2D eigenvalue weighted by atomic mass is 9.87. The molecule has 7 nitrogen and oxygen atoms in total. The Morgan fingerprint density at radius 1 is 1.16 bits per heavy atom. The molecule has 0 atom stereocenters. The minimum atomic E-state index is -0.710. The second-order valence-electron chi connectivity index (χ2n) is 5.18. The molecule has 0 heterocycles. The van der Waals surface area contributed by atoms with E-state index in [0.29, 0.717) is 0 Å². The number of ketones is 1. The third-order valence-corrected chi connectivity index (χ3v) is 2.66. The average Bonchev–Trinajstić information content (AvgIpc) is 2.27. The number of Topliss-reactive ketones (excluding diaryl/α,β-unsaturated/α-hetero) is 1. The highest BCUT2D eigenvalue weighted by Gasteiger charge is 2.26. The van der Waals surface area contributed by atoms with E-state index >= 15 is 0 Å². The molecule has 0 spiro atoms. The fraction of sp³-hybridized carbons (Fsp3) is 0.417. The predicted molar refractivity (Wildman–Crippen MR) is 67.9 cm³/mol. The molecular formula is C12H14N2O5. The van der Waals surface area contributed by atoms with Gasteiger partial charge in [-0.05, 0) is 6.07 Å². The smallest absolute Gasteiger partial charge is 0.279 e. The van der Waals surface area contributed by atoms with Crippen LogP contribution in [0.15, 0.2) is 18.2 Å². The minimum absolute atomic E-state index is 0.113. The highest BCUT2D eigenvalue weighted by atomic mass is 16.6. The molecule has 0 unspecified atom stereocenters. The summed E-state index contributed by atoms with van der Waals surface area (Å²) in [4.78, 5) is 31.9. The van der Waals surface area contributed by atoms with Crippen molar-refractivity contribution in [1.82, 2.24) is 0 Å². The number of benzene rings is 1. The van der Waals surface area contributed by atoms with Gasteiger partial charge in [-0.2, -0.15) is 0 Å². The van der Waals surface area contributed by atoms with Crippen LogP contribution in [-0.2, 0) is 11.2 Å². The maximum atomic E-state index is 11.9. The number of nitrogens with zero attached hydrogens (tertiary/aromatic N) is 2. The van der Waals surface area contributed by atoms with E-state index in [0.717, 1.165) is 12.1 Å². The van der Waals surface area contributed by atoms with Gasteiger partial charge in [-0.1, -0.05) is 20.8 Å². The monoisotopic (exact) mass is 266 g/mol. The molecule has 0 saturated carbocycles. The Bertz CT molecular complexity index is 546. The Morgan fingerprint density at radius 2 is 1.74 bits per heavy atom. The molecule has 0 aliphatic heterocycles. The van der Waals surface area contributed by atoms with Crippen LogP contribution in [0, 0.1) is 25.6 Å². The van der Waals surface area contributed by atoms with Crippen LogP contribution >= 0.6 is 0 Å². The van der Waals surface area contributed by atoms with Gasteiger partial charge in [-0.3, -0.25) is 25.0 Å². The number of hydrogen-bond acceptors (Lipinski definition) is 5. The molecular weight excluding hydrogens is 252 g/mol. The Labute approximate surface area is 109 Å². The number of nitro benzene ring substituents is 2. The largest absolute Gasteiger partial charge is 0.299 e. The first-order valence-electron chi connectivity index (χ1n) is 5.58. The highest BCUT2D eigenvalue weighted by molar-refractivity contribution is 5.86. The number of carbonyl (C=O) groups excluding carboxylic acids is 1. The normalized spacial score (nSPS) is 11.1. The zero-order chi connectivity index (χ0) is 14.8. The van der Waals surface area contributed by atoms with E-state index in [1.165, 1.54) is 6.07 Å². The summed E-state index contributed by atoms with van der Waals surface area (Å²) in [6.45, 7) is 5.14. The van der Waals surface area contributed by atoms with E-state index in [1.807, 2.05) is 0 Å². The lowest BCUT2D eigenvalue weighted by Crippen LogP contribution is -2.22. The Morgan fingerprint density at radius 3 is 2.16 bits per heavy atom. The lowest BCUT2D eigenvalue weighted by Gasteiger charge is -2.16. The van der Waals surface area contributed by atoms with Crippen LogP contribution in [0.1, 0.15) is 26.3 Å². The van der Waals surface area contributed by atoms with E-state index in [4.69, 9.17) is 0 Å². The van der Waals surface area contributed by atoms with Gasteiger partial charge < -0.3 is 0 Å². The van der Waals surface area contributed by atoms with Crippen LogP contribution in [0.5, 0.6) is 0 Å². The van der Waals surface area contributed by atoms with Crippen LogP contribution in [0.3, 0.4) is 0 Å². The van der Waals surface area contributed by atoms with E-state index in [1.54, 1.807) is 20.8 Å². The van der Waals surface area contributed by atoms with Gasteiger partial charge in [0.05, 0.1) is 15.9 Å². The highest BCUT2D eigenvalue weighted by Crippen LogP contribution is 2.27. The predicted octanol–water partition coefficient (Wildman–Crippen LogP) is 2.66. The summed E-state index contributed by atoms with van der Waals surface area (Å²) < 4.78 is 0. The van der Waals surface area contributed by atoms with Crippen molar-refractivity contribution < 1.29 is 14.6 Å². The van der Waals surface area contributed by atoms with Crippen LogP contribution < -0.4 is 0 Å². The number of rotatable bonds is 4. The first-order valence-corrected chi connectivity index (χ1v) is 5.58. The molecule has 0 aromatic heterocycles. The van der Waals surface area contributed by atoms with Gasteiger partial charge in [-0.25, -0.2) is 0 Å². The molecule has 102 valence electrons. The molecule has 0 N–H and O–H groups in total. The number of nitro groups is 2. The van der Waals surface area contributed by atoms with Crippen molar-refractivity contribution in [3.63, 3.8) is 0 Å². The van der Waals surface area contributed by atoms with Crippen LogP contribution in [0.2, 0.25) is 0 Å². The van der Waals surface area contributed by atoms with Crippen molar-refractivity contribution in [3.05, 3.63) is 44.0 Å². The maximum Gasteiger partial charge on any atom is 0.279 e. The van der Waals surface area contributed by atoms with Gasteiger partial charge >= 0.3 is 0 Å². The summed E-state index contributed by atoms with van der Waals surface area (Å²) in [6.07, 6.45) is -0.113. The Hall–Kier alpha value is -2.31. The second-order valence-corrected chi connectivity index (χ2v) is 5.18. The third kappa shape index (κ3) is 3.57. The van der Waals surface area contributed by atoms with Crippen molar-refractivity contribution >= 4 is 17.2 Å². The zero-order valence-electron chi connectivity index (χ0n) is 10.9. The Kier molecular flexibility index (Phi) is 3.98. The molecule has 0 aliphatic carbocycles. The molecule has 7 heteroatoms. The summed E-state index contributed by atoms with van der Waals surface area (Å²) in [7, 11) is 0. The van der Waals surface area contributed by atoms with Crippen molar-refractivity contribution in [1.29, 1.82) is 0 Å². The van der Waals surface area contributed by atoms with E-state index in [2.05, 4.69) is 0 Å². The molecule has 0 fully saturated rings. The van der Waals surface area contributed by atoms with Gasteiger partial charge in [0.2, 0.25) is 0 Å². The number of hydrogen-bond donors (Lipinski definition) is 0. The molecule has 0 amide bonds. The van der Waals surface area contributed by atoms with Gasteiger partial charge in [0, 0.05) is 23.5 Å². The summed E-state index contributed by atoms with van der Waals surface area (Å²) in [5.74, 6) is -0.163. The van der Waals surface area contributed by atoms with Crippen LogP contribution in [0.4, 0.5) is 11.4 Å². The molecule has 0 aliphatic rings. The topological polar surface area (TPSA) is 103 Å². The van der Waals surface area contributed by atoms with Crippen molar-refractivity contribution in [2.24, 2.45) is 5.41 Å². The lowest BCUT2D eigenvalue weighted by molar-refractivity contribution is -0.394. The summed E-state index contributed by atoms with van der Waals surface area (Å²) in [5, 5.41) is 21.5. The molecule has 0 saturated heterocycles. The van der Waals surface area contributed by atoms with Gasteiger partial charge in [0.15, 0.2) is 0 Å². The quantitative estimate of drug-likeness (QED) is 0.615. The molecule has 0 radical (unpaired) electrons. The Balaban J connectivity index is 3.18. The minimum Gasteiger partial charge on any atom is -0.299 e. The molecule has 1 aromatic carbocycles. The molecule has 0 bridgehead atoms. The third-order valence-electron chi connectivity index (χ3n) is 2.66. The fourth-order valence-corrected chi connectivity index (χ4v) is 1.42. The van der Waals surface area contributed by atoms with Crippen molar-refractivity contribution in [2.45, 2.75) is 27.2 Å². The number of non-ortho nitro benzene ring substituents is 1. The number of carbonyl (C=O) groups is 1. The zero-order valence-corrected chi connectivity index (χ0v) is 10.9. The van der Waals surface area contributed by atoms with Gasteiger partial charge in [0.1, 0.15) is 5.78 Å². The SMILES string of the molecule is CC(C)(C)C(=O)Cc1ccc([N+](=O)[O-])cc1[N+](=O)[O-]. The molecule has 19 heavy (non-hydrogen) atoms. The maximum absolute atomic E-state index is 11.9. The summed E-state index contributed by atoms with van der Waals surface area (Å²) in [6, 6.07) is 3.31. The summed E-state index contributed by atoms with van der Waals surface area (Å²) in [5.41, 5.74) is -1.18. The van der Waals surface area contributed by atoms with Crippen molar-refractivity contribution in [3.8, 4) is 0 Å². The molecule has 1 rings (SSSR count). The van der Waals surface area contributed by atoms with Gasteiger partial charge in [0.25, 0.3) is 11.4 Å². The average molecular weight is 266 g/mol. The second kappa shape index (κ2) is 5.13. The first kappa shape index (κ1) is 14.7. The summed E-state index contributed by atoms with van der Waals surface area (Å²) >= 11 is 0. The molecule has 1 aromatic rings. The first-order chi connectivity index (χ1) is 8.62. The standard InChI is InChI=1S/C12H14N2O5/c1-12(2,3)11(15)6-8-4-5-9(13(16)17)7-10(8)14(18)19/h4-5,7H,6H2,1-3H3. The van der Waals surface area contributed by atoms with Crippen molar-refractivity contribution in [2.75, 3.05) is 0 Å². The van der Waals surface area contributed by atoms with Crippen LogP contribution in [0.25, 0.3) is 0 Å². The van der Waals surface area contributed by atoms with Gasteiger partial charge in [-0.15, -0.1) is 0 Å².